The van der Waals surface area contributed by atoms with Gasteiger partial charge in [0.15, 0.2) is 0 Å². The molecule has 1 aromatic rings. The van der Waals surface area contributed by atoms with E-state index in [0.29, 0.717) is 10.9 Å². The lowest BCUT2D eigenvalue weighted by molar-refractivity contribution is 0.442. The zero-order valence-corrected chi connectivity index (χ0v) is 13.5. The lowest BCUT2D eigenvalue weighted by Gasteiger charge is -2.36. The molecular formula is C13H18Br2N2. The fourth-order valence-corrected chi connectivity index (χ4v) is 3.95. The van der Waals surface area contributed by atoms with Crippen molar-refractivity contribution in [2.45, 2.75) is 43.5 Å². The molecule has 94 valence electrons. The van der Waals surface area contributed by atoms with Gasteiger partial charge in [-0.05, 0) is 47.3 Å². The Kier molecular flexibility index (Phi) is 4.47. The monoisotopic (exact) mass is 360 g/mol. The zero-order chi connectivity index (χ0) is 12.4. The molecule has 2 rings (SSSR count). The first-order chi connectivity index (χ1) is 8.09. The van der Waals surface area contributed by atoms with Crippen molar-refractivity contribution in [1.29, 1.82) is 0 Å². The molecule has 1 saturated carbocycles. The van der Waals surface area contributed by atoms with Crippen molar-refractivity contribution >= 4 is 37.7 Å². The second-order valence-electron chi connectivity index (χ2n) is 4.77. The maximum absolute atomic E-state index is 4.55. The van der Waals surface area contributed by atoms with Crippen molar-refractivity contribution in [3.8, 4) is 0 Å². The van der Waals surface area contributed by atoms with Gasteiger partial charge in [-0.15, -0.1) is 0 Å². The number of rotatable bonds is 2. The second kappa shape index (κ2) is 5.70. The lowest BCUT2D eigenvalue weighted by Crippen LogP contribution is -2.41. The molecule has 0 aliphatic heterocycles. The van der Waals surface area contributed by atoms with Crippen molar-refractivity contribution < 1.29 is 0 Å². The van der Waals surface area contributed by atoms with E-state index in [0.717, 1.165) is 10.3 Å². The average molecular weight is 362 g/mol. The van der Waals surface area contributed by atoms with Gasteiger partial charge in [-0.1, -0.05) is 28.8 Å². The van der Waals surface area contributed by atoms with E-state index in [1.807, 2.05) is 6.20 Å². The number of halogens is 2. The Balaban J connectivity index is 2.20. The van der Waals surface area contributed by atoms with Crippen LogP contribution in [0.1, 0.15) is 31.2 Å². The van der Waals surface area contributed by atoms with Crippen LogP contribution >= 0.6 is 31.9 Å². The molecule has 1 aromatic heterocycles. The number of anilines is 1. The van der Waals surface area contributed by atoms with E-state index in [2.05, 4.69) is 61.8 Å². The predicted octanol–water partition coefficient (Wildman–Crippen LogP) is 4.29. The van der Waals surface area contributed by atoms with Gasteiger partial charge in [-0.2, -0.15) is 0 Å². The predicted molar refractivity (Wildman–Crippen MR) is 80.0 cm³/mol. The van der Waals surface area contributed by atoms with Crippen molar-refractivity contribution in [3.63, 3.8) is 0 Å². The number of pyridine rings is 1. The summed E-state index contributed by atoms with van der Waals surface area (Å²) in [6.07, 6.45) is 7.07. The van der Waals surface area contributed by atoms with Crippen LogP contribution in [0.5, 0.6) is 0 Å². The van der Waals surface area contributed by atoms with Crippen LogP contribution in [-0.2, 0) is 0 Å². The molecule has 1 heterocycles. The summed E-state index contributed by atoms with van der Waals surface area (Å²) in [7, 11) is 2.16. The van der Waals surface area contributed by atoms with E-state index in [1.165, 1.54) is 31.2 Å². The summed E-state index contributed by atoms with van der Waals surface area (Å²) in [6, 6.07) is 2.70. The van der Waals surface area contributed by atoms with E-state index in [1.54, 1.807) is 0 Å². The summed E-state index contributed by atoms with van der Waals surface area (Å²) < 4.78 is 1.05. The van der Waals surface area contributed by atoms with Crippen LogP contribution < -0.4 is 4.90 Å². The second-order valence-corrected chi connectivity index (χ2v) is 6.86. The highest BCUT2D eigenvalue weighted by Gasteiger charge is 2.27. The summed E-state index contributed by atoms with van der Waals surface area (Å²) in [6.45, 7) is 2.12. The quantitative estimate of drug-likeness (QED) is 0.730. The van der Waals surface area contributed by atoms with E-state index in [9.17, 15) is 0 Å². The Bertz CT molecular complexity index is 395. The SMILES string of the molecule is Cc1cc(Br)cnc1N(C)C1CCCCC1Br. The van der Waals surface area contributed by atoms with E-state index >= 15 is 0 Å². The lowest BCUT2D eigenvalue weighted by atomic mass is 9.94. The first-order valence-electron chi connectivity index (χ1n) is 6.08. The van der Waals surface area contributed by atoms with Crippen LogP contribution in [0.3, 0.4) is 0 Å². The van der Waals surface area contributed by atoms with Gasteiger partial charge >= 0.3 is 0 Å². The van der Waals surface area contributed by atoms with E-state index in [-0.39, 0.29) is 0 Å². The van der Waals surface area contributed by atoms with Gasteiger partial charge in [-0.3, -0.25) is 0 Å². The van der Waals surface area contributed by atoms with E-state index < -0.39 is 0 Å². The summed E-state index contributed by atoms with van der Waals surface area (Å²) in [5, 5.41) is 0. The minimum atomic E-state index is 0.566. The Morgan fingerprint density at radius 3 is 2.71 bits per heavy atom. The topological polar surface area (TPSA) is 16.1 Å². The molecule has 1 aliphatic carbocycles. The Labute approximate surface area is 120 Å². The zero-order valence-electron chi connectivity index (χ0n) is 10.3. The van der Waals surface area contributed by atoms with Crippen LogP contribution in [0.25, 0.3) is 0 Å². The molecule has 1 fully saturated rings. The molecule has 0 amide bonds. The Hall–Kier alpha value is -0.0900. The van der Waals surface area contributed by atoms with Crippen LogP contribution in [0.4, 0.5) is 5.82 Å². The first-order valence-corrected chi connectivity index (χ1v) is 7.79. The molecule has 0 spiro atoms. The molecule has 0 N–H and O–H groups in total. The molecule has 2 atom stereocenters. The normalized spacial score (nSPS) is 24.7. The molecular weight excluding hydrogens is 344 g/mol. The number of alkyl halides is 1. The van der Waals surface area contributed by atoms with Crippen molar-refractivity contribution in [3.05, 3.63) is 22.3 Å². The van der Waals surface area contributed by atoms with Crippen LogP contribution in [0.15, 0.2) is 16.7 Å². The fraction of sp³-hybridized carbons (Fsp3) is 0.615. The molecule has 0 bridgehead atoms. The molecule has 2 unspecified atom stereocenters. The van der Waals surface area contributed by atoms with Gasteiger partial charge in [0.1, 0.15) is 5.82 Å². The molecule has 0 radical (unpaired) electrons. The third-order valence-electron chi connectivity index (χ3n) is 3.50. The van der Waals surface area contributed by atoms with Crippen LogP contribution in [0, 0.1) is 6.92 Å². The fourth-order valence-electron chi connectivity index (χ4n) is 2.56. The average Bonchev–Trinajstić information content (AvgIpc) is 2.29. The van der Waals surface area contributed by atoms with Gasteiger partial charge in [0.25, 0.3) is 0 Å². The number of hydrogen-bond donors (Lipinski definition) is 0. The largest absolute Gasteiger partial charge is 0.355 e. The molecule has 2 nitrogen and oxygen atoms in total. The van der Waals surface area contributed by atoms with Gasteiger partial charge in [0, 0.05) is 28.6 Å². The number of nitrogens with zero attached hydrogens (tertiary/aromatic N) is 2. The van der Waals surface area contributed by atoms with E-state index in [4.69, 9.17) is 0 Å². The Morgan fingerprint density at radius 2 is 2.06 bits per heavy atom. The van der Waals surface area contributed by atoms with Crippen molar-refractivity contribution in [2.24, 2.45) is 0 Å². The summed E-state index contributed by atoms with van der Waals surface area (Å²) in [5.74, 6) is 1.10. The molecule has 17 heavy (non-hydrogen) atoms. The van der Waals surface area contributed by atoms with Crippen molar-refractivity contribution in [1.82, 2.24) is 4.98 Å². The molecule has 1 aliphatic rings. The van der Waals surface area contributed by atoms with Gasteiger partial charge in [-0.25, -0.2) is 4.98 Å². The first kappa shape index (κ1) is 13.3. The smallest absolute Gasteiger partial charge is 0.131 e. The van der Waals surface area contributed by atoms with Crippen molar-refractivity contribution in [2.75, 3.05) is 11.9 Å². The van der Waals surface area contributed by atoms with Gasteiger partial charge in [0.2, 0.25) is 0 Å². The Morgan fingerprint density at radius 1 is 1.35 bits per heavy atom. The highest BCUT2D eigenvalue weighted by Crippen LogP contribution is 2.31. The third kappa shape index (κ3) is 3.02. The minimum Gasteiger partial charge on any atom is -0.355 e. The van der Waals surface area contributed by atoms with Crippen LogP contribution in [0.2, 0.25) is 0 Å². The number of aryl methyl sites for hydroxylation is 1. The van der Waals surface area contributed by atoms with Gasteiger partial charge < -0.3 is 4.90 Å². The summed E-state index contributed by atoms with van der Waals surface area (Å²) in [5.41, 5.74) is 1.23. The highest BCUT2D eigenvalue weighted by atomic mass is 79.9. The summed E-state index contributed by atoms with van der Waals surface area (Å²) in [4.78, 5) is 7.47. The number of aromatic nitrogens is 1. The minimum absolute atomic E-state index is 0.566. The molecule has 0 aromatic carbocycles. The molecule has 0 saturated heterocycles. The summed E-state index contributed by atoms with van der Waals surface area (Å²) >= 11 is 7.28. The highest BCUT2D eigenvalue weighted by molar-refractivity contribution is 9.10. The standard InChI is InChI=1S/C13H18Br2N2/c1-9-7-10(14)8-16-13(9)17(2)12-6-4-3-5-11(12)15/h7-8,11-12H,3-6H2,1-2H3. The number of hydrogen-bond acceptors (Lipinski definition) is 2. The van der Waals surface area contributed by atoms with Crippen LogP contribution in [-0.4, -0.2) is 22.9 Å². The maximum atomic E-state index is 4.55. The molecule has 4 heteroatoms. The maximum Gasteiger partial charge on any atom is 0.131 e. The van der Waals surface area contributed by atoms with Gasteiger partial charge in [0.05, 0.1) is 0 Å². The third-order valence-corrected chi connectivity index (χ3v) is 5.00.